The molecule has 4 nitrogen and oxygen atoms in total. The maximum atomic E-state index is 9.51. The Hall–Kier alpha value is -5.55. The van der Waals surface area contributed by atoms with Crippen LogP contribution in [0.3, 0.4) is 0 Å². The zero-order valence-electron chi connectivity index (χ0n) is 26.8. The van der Waals surface area contributed by atoms with Gasteiger partial charge in [-0.3, -0.25) is 15.4 Å². The summed E-state index contributed by atoms with van der Waals surface area (Å²) in [4.78, 5) is 12.4. The van der Waals surface area contributed by atoms with Gasteiger partial charge in [0, 0.05) is 44.4 Å². The van der Waals surface area contributed by atoms with Crippen LogP contribution in [0.4, 0.5) is 0 Å². The average Bonchev–Trinajstić information content (AvgIpc) is 3.16. The van der Waals surface area contributed by atoms with Crippen LogP contribution >= 0.6 is 23.2 Å². The van der Waals surface area contributed by atoms with Gasteiger partial charge >= 0.3 is 0 Å². The molecule has 1 atom stereocenters. The lowest BCUT2D eigenvalue weighted by Crippen LogP contribution is -2.30. The first-order valence-electron chi connectivity index (χ1n) is 15.9. The molecule has 1 N–H and O–H groups in total. The van der Waals surface area contributed by atoms with Crippen LogP contribution in [-0.4, -0.2) is 23.0 Å². The van der Waals surface area contributed by atoms with E-state index in [2.05, 4.69) is 28.7 Å². The zero-order valence-corrected chi connectivity index (χ0v) is 28.3. The molecule has 1 unspecified atom stereocenters. The number of aliphatic imine (C=N–C) groups is 2. The minimum absolute atomic E-state index is 0.289. The predicted molar refractivity (Wildman–Crippen MR) is 207 cm³/mol. The Morgan fingerprint density at radius 1 is 0.571 bits per heavy atom. The summed E-state index contributed by atoms with van der Waals surface area (Å²) >= 11 is 14.0. The molecule has 0 aromatic heterocycles. The van der Waals surface area contributed by atoms with Crippen molar-refractivity contribution in [3.63, 3.8) is 0 Å². The molecule has 240 valence electrons. The second-order valence-corrected chi connectivity index (χ2v) is 12.1. The van der Waals surface area contributed by atoms with E-state index in [0.29, 0.717) is 28.0 Å². The van der Waals surface area contributed by atoms with Gasteiger partial charge in [-0.25, -0.2) is 0 Å². The highest BCUT2D eigenvalue weighted by atomic mass is 35.5. The SMILES string of the molecule is C=N/C(=C(/c1ccccc1)N(Cc1ccccc1Cl)C(/N=C(\C(=N)c1ccccc1)c1ccccc1)c1ccccc1Cl)c1ccccc1. The third-order valence-corrected chi connectivity index (χ3v) is 8.85. The number of hydrogen-bond acceptors (Lipinski definition) is 4. The van der Waals surface area contributed by atoms with Gasteiger partial charge < -0.3 is 4.90 Å². The second-order valence-electron chi connectivity index (χ2n) is 11.3. The molecule has 6 aromatic carbocycles. The van der Waals surface area contributed by atoms with Gasteiger partial charge in [0.2, 0.25) is 0 Å². The Bertz CT molecular complexity index is 2090. The van der Waals surface area contributed by atoms with Crippen LogP contribution in [0.1, 0.15) is 39.5 Å². The van der Waals surface area contributed by atoms with E-state index in [1.54, 1.807) is 0 Å². The molecule has 6 aromatic rings. The number of benzene rings is 6. The number of halogens is 2. The summed E-state index contributed by atoms with van der Waals surface area (Å²) in [6, 6.07) is 55.1. The summed E-state index contributed by atoms with van der Waals surface area (Å²) < 4.78 is 0. The maximum Gasteiger partial charge on any atom is 0.149 e. The standard InChI is InChI=1S/C43H34Cl2N4/c1-47-41(33-22-10-4-11-23-33)42(34-24-12-5-13-25-34)49(30-35-26-14-16-28-37(35)44)43(36-27-15-17-29-38(36)45)48-40(32-20-8-3-9-21-32)39(46)31-18-6-2-7-19-31/h2-29,43,46H,1,30H2/b42-41-,46-39?,48-40-. The molecule has 0 spiro atoms. The predicted octanol–water partition coefficient (Wildman–Crippen LogP) is 11.3. The van der Waals surface area contributed by atoms with E-state index in [4.69, 9.17) is 28.2 Å². The average molecular weight is 678 g/mol. The van der Waals surface area contributed by atoms with Gasteiger partial charge in [0.25, 0.3) is 0 Å². The minimum Gasteiger partial charge on any atom is -0.339 e. The lowest BCUT2D eigenvalue weighted by molar-refractivity contribution is 0.300. The molecule has 0 aliphatic rings. The van der Waals surface area contributed by atoms with Crippen molar-refractivity contribution in [2.75, 3.05) is 0 Å². The highest BCUT2D eigenvalue weighted by molar-refractivity contribution is 6.52. The smallest absolute Gasteiger partial charge is 0.149 e. The number of rotatable bonds is 12. The molecule has 6 rings (SSSR count). The van der Waals surface area contributed by atoms with Crippen molar-refractivity contribution in [1.29, 1.82) is 5.41 Å². The van der Waals surface area contributed by atoms with E-state index in [1.807, 2.05) is 158 Å². The Morgan fingerprint density at radius 3 is 1.59 bits per heavy atom. The first kappa shape index (κ1) is 33.4. The molecule has 0 fully saturated rings. The van der Waals surface area contributed by atoms with Gasteiger partial charge in [-0.05, 0) is 24.4 Å². The molecule has 0 saturated carbocycles. The van der Waals surface area contributed by atoms with E-state index in [0.717, 1.165) is 39.1 Å². The highest BCUT2D eigenvalue weighted by Gasteiger charge is 2.30. The Balaban J connectivity index is 1.71. The first-order chi connectivity index (χ1) is 24.0. The Morgan fingerprint density at radius 2 is 1.04 bits per heavy atom. The van der Waals surface area contributed by atoms with E-state index >= 15 is 0 Å². The van der Waals surface area contributed by atoms with Crippen LogP contribution in [0.2, 0.25) is 10.0 Å². The molecule has 0 bridgehead atoms. The molecule has 6 heteroatoms. The minimum atomic E-state index is -0.736. The van der Waals surface area contributed by atoms with Gasteiger partial charge in [-0.2, -0.15) is 0 Å². The summed E-state index contributed by atoms with van der Waals surface area (Å²) in [7, 11) is 0. The molecule has 0 aliphatic heterocycles. The van der Waals surface area contributed by atoms with Crippen molar-refractivity contribution in [3.8, 4) is 0 Å². The summed E-state index contributed by atoms with van der Waals surface area (Å²) in [6.07, 6.45) is -0.736. The number of nitrogens with one attached hydrogen (secondary N) is 1. The fourth-order valence-electron chi connectivity index (χ4n) is 5.77. The number of nitrogens with zero attached hydrogens (tertiary/aromatic N) is 3. The quantitative estimate of drug-likeness (QED) is 0.102. The van der Waals surface area contributed by atoms with Crippen molar-refractivity contribution in [1.82, 2.24) is 4.90 Å². The zero-order chi connectivity index (χ0) is 34.0. The van der Waals surface area contributed by atoms with Gasteiger partial charge in [0.15, 0.2) is 0 Å². The molecular weight excluding hydrogens is 643 g/mol. The summed E-state index contributed by atoms with van der Waals surface area (Å²) in [6.45, 7) is 4.40. The largest absolute Gasteiger partial charge is 0.339 e. The summed E-state index contributed by atoms with van der Waals surface area (Å²) in [5.41, 5.74) is 7.27. The van der Waals surface area contributed by atoms with Crippen LogP contribution < -0.4 is 0 Å². The number of hydrogen-bond donors (Lipinski definition) is 1. The summed E-state index contributed by atoms with van der Waals surface area (Å²) in [5.74, 6) is 0. The lowest BCUT2D eigenvalue weighted by atomic mass is 9.98. The highest BCUT2D eigenvalue weighted by Crippen LogP contribution is 2.41. The molecule has 0 saturated heterocycles. The fourth-order valence-corrected chi connectivity index (χ4v) is 6.20. The van der Waals surface area contributed by atoms with E-state index in [1.165, 1.54) is 0 Å². The van der Waals surface area contributed by atoms with Crippen molar-refractivity contribution in [3.05, 3.63) is 213 Å². The van der Waals surface area contributed by atoms with E-state index < -0.39 is 6.17 Å². The van der Waals surface area contributed by atoms with Gasteiger partial charge in [0.05, 0.1) is 22.8 Å². The van der Waals surface area contributed by atoms with Gasteiger partial charge in [-0.15, -0.1) is 0 Å². The van der Waals surface area contributed by atoms with Crippen molar-refractivity contribution >= 4 is 52.7 Å². The third-order valence-electron chi connectivity index (χ3n) is 8.14. The van der Waals surface area contributed by atoms with Crippen molar-refractivity contribution in [2.24, 2.45) is 9.98 Å². The first-order valence-corrected chi connectivity index (χ1v) is 16.6. The third kappa shape index (κ3) is 7.79. The molecule has 0 heterocycles. The molecule has 0 aliphatic carbocycles. The van der Waals surface area contributed by atoms with Gasteiger partial charge in [0.1, 0.15) is 6.17 Å². The fraction of sp³-hybridized carbons (Fsp3) is 0.0465. The topological polar surface area (TPSA) is 51.8 Å². The monoisotopic (exact) mass is 676 g/mol. The molecule has 0 radical (unpaired) electrons. The van der Waals surface area contributed by atoms with Crippen LogP contribution in [0, 0.1) is 5.41 Å². The van der Waals surface area contributed by atoms with Crippen molar-refractivity contribution in [2.45, 2.75) is 12.7 Å². The maximum absolute atomic E-state index is 9.51. The Kier molecular flexibility index (Phi) is 10.9. The van der Waals surface area contributed by atoms with Crippen LogP contribution in [0.5, 0.6) is 0 Å². The van der Waals surface area contributed by atoms with Crippen LogP contribution in [0.15, 0.2) is 180 Å². The van der Waals surface area contributed by atoms with E-state index in [9.17, 15) is 5.41 Å². The van der Waals surface area contributed by atoms with Crippen LogP contribution in [-0.2, 0) is 6.54 Å². The molecule has 0 amide bonds. The second kappa shape index (κ2) is 16.0. The lowest BCUT2D eigenvalue weighted by Gasteiger charge is -2.36. The van der Waals surface area contributed by atoms with Gasteiger partial charge in [-0.1, -0.05) is 181 Å². The van der Waals surface area contributed by atoms with E-state index in [-0.39, 0.29) is 5.71 Å². The van der Waals surface area contributed by atoms with Crippen LogP contribution in [0.25, 0.3) is 11.4 Å². The Labute approximate surface area is 297 Å². The normalized spacial score (nSPS) is 12.5. The van der Waals surface area contributed by atoms with Crippen molar-refractivity contribution < 1.29 is 0 Å². The molecule has 49 heavy (non-hydrogen) atoms. The molecular formula is C43H34Cl2N4. The summed E-state index contributed by atoms with van der Waals surface area (Å²) in [5, 5.41) is 10.7.